The number of hydrogen-bond donors (Lipinski definition) is 1. The van der Waals surface area contributed by atoms with Crippen molar-refractivity contribution < 1.29 is 13.9 Å². The van der Waals surface area contributed by atoms with Gasteiger partial charge in [-0.1, -0.05) is 0 Å². The lowest BCUT2D eigenvalue weighted by Crippen LogP contribution is -2.20. The van der Waals surface area contributed by atoms with E-state index in [9.17, 15) is 0 Å². The first kappa shape index (κ1) is 15.0. The maximum absolute atomic E-state index is 5.77. The molecule has 0 amide bonds. The SMILES string of the molecule is COCCNCCCc1ncc(-c2sccc2OC)o1. The molecule has 0 bridgehead atoms. The van der Waals surface area contributed by atoms with Crippen molar-refractivity contribution in [1.29, 1.82) is 0 Å². The number of aromatic nitrogens is 1. The van der Waals surface area contributed by atoms with Crippen LogP contribution in [0, 0.1) is 0 Å². The number of oxazole rings is 1. The minimum atomic E-state index is 0.737. The van der Waals surface area contributed by atoms with Gasteiger partial charge >= 0.3 is 0 Å². The van der Waals surface area contributed by atoms with Gasteiger partial charge in [0, 0.05) is 20.1 Å². The van der Waals surface area contributed by atoms with Crippen LogP contribution in [0.15, 0.2) is 22.1 Å². The summed E-state index contributed by atoms with van der Waals surface area (Å²) >= 11 is 1.59. The van der Waals surface area contributed by atoms with Crippen LogP contribution in [-0.4, -0.2) is 38.9 Å². The van der Waals surface area contributed by atoms with Gasteiger partial charge in [0.15, 0.2) is 11.7 Å². The van der Waals surface area contributed by atoms with Crippen LogP contribution in [0.5, 0.6) is 5.75 Å². The number of rotatable bonds is 9. The van der Waals surface area contributed by atoms with Crippen LogP contribution in [0.25, 0.3) is 10.6 Å². The van der Waals surface area contributed by atoms with Crippen LogP contribution in [0.1, 0.15) is 12.3 Å². The van der Waals surface area contributed by atoms with Crippen molar-refractivity contribution >= 4 is 11.3 Å². The molecule has 0 saturated heterocycles. The Kier molecular flexibility index (Phi) is 6.04. The highest BCUT2D eigenvalue weighted by Crippen LogP contribution is 2.35. The summed E-state index contributed by atoms with van der Waals surface area (Å²) in [4.78, 5) is 5.30. The molecule has 2 aromatic heterocycles. The molecule has 0 unspecified atom stereocenters. The van der Waals surface area contributed by atoms with E-state index in [0.29, 0.717) is 0 Å². The maximum atomic E-state index is 5.77. The van der Waals surface area contributed by atoms with Crippen LogP contribution in [-0.2, 0) is 11.2 Å². The molecule has 0 aromatic carbocycles. The second-order valence-electron chi connectivity index (χ2n) is 4.28. The van der Waals surface area contributed by atoms with Crippen LogP contribution in [0.2, 0.25) is 0 Å². The highest BCUT2D eigenvalue weighted by atomic mass is 32.1. The minimum Gasteiger partial charge on any atom is -0.495 e. The molecule has 0 aliphatic rings. The van der Waals surface area contributed by atoms with Gasteiger partial charge in [-0.2, -0.15) is 0 Å². The number of aryl methyl sites for hydroxylation is 1. The molecule has 20 heavy (non-hydrogen) atoms. The van der Waals surface area contributed by atoms with E-state index < -0.39 is 0 Å². The Morgan fingerprint density at radius 3 is 3.05 bits per heavy atom. The monoisotopic (exact) mass is 296 g/mol. The molecule has 0 saturated carbocycles. The van der Waals surface area contributed by atoms with E-state index in [2.05, 4.69) is 10.3 Å². The zero-order chi connectivity index (χ0) is 14.2. The molecule has 0 spiro atoms. The summed E-state index contributed by atoms with van der Waals surface area (Å²) in [6.07, 6.45) is 3.58. The normalized spacial score (nSPS) is 10.9. The Labute approximate surface area is 122 Å². The fraction of sp³-hybridized carbons (Fsp3) is 0.500. The van der Waals surface area contributed by atoms with E-state index in [4.69, 9.17) is 13.9 Å². The summed E-state index contributed by atoms with van der Waals surface area (Å²) < 4.78 is 16.0. The number of hydrogen-bond acceptors (Lipinski definition) is 6. The van der Waals surface area contributed by atoms with Gasteiger partial charge < -0.3 is 19.2 Å². The molecule has 0 atom stereocenters. The molecule has 5 nitrogen and oxygen atoms in total. The Morgan fingerprint density at radius 1 is 1.35 bits per heavy atom. The lowest BCUT2D eigenvalue weighted by Gasteiger charge is -2.02. The summed E-state index contributed by atoms with van der Waals surface area (Å²) in [6, 6.07) is 1.93. The third kappa shape index (κ3) is 4.06. The Hall–Kier alpha value is -1.37. The highest BCUT2D eigenvalue weighted by molar-refractivity contribution is 7.13. The maximum Gasteiger partial charge on any atom is 0.194 e. The van der Waals surface area contributed by atoms with E-state index >= 15 is 0 Å². The van der Waals surface area contributed by atoms with Gasteiger partial charge in [-0.15, -0.1) is 11.3 Å². The van der Waals surface area contributed by atoms with Gasteiger partial charge in [0.1, 0.15) is 10.6 Å². The molecule has 2 aromatic rings. The molecule has 0 aliphatic heterocycles. The lowest BCUT2D eigenvalue weighted by atomic mass is 10.3. The van der Waals surface area contributed by atoms with Crippen molar-refractivity contribution in [3.63, 3.8) is 0 Å². The van der Waals surface area contributed by atoms with E-state index in [-0.39, 0.29) is 0 Å². The van der Waals surface area contributed by atoms with Crippen LogP contribution in [0.3, 0.4) is 0 Å². The van der Waals surface area contributed by atoms with E-state index in [0.717, 1.165) is 54.8 Å². The second kappa shape index (κ2) is 8.04. The second-order valence-corrected chi connectivity index (χ2v) is 5.20. The number of methoxy groups -OCH3 is 2. The molecular formula is C14H20N2O3S. The Bertz CT molecular complexity index is 510. The van der Waals surface area contributed by atoms with E-state index in [1.807, 2.05) is 11.4 Å². The van der Waals surface area contributed by atoms with Crippen LogP contribution in [0.4, 0.5) is 0 Å². The van der Waals surface area contributed by atoms with Crippen LogP contribution < -0.4 is 10.1 Å². The minimum absolute atomic E-state index is 0.737. The first-order valence-corrected chi connectivity index (χ1v) is 7.49. The Balaban J connectivity index is 1.81. The number of nitrogens with one attached hydrogen (secondary N) is 1. The van der Waals surface area contributed by atoms with Crippen molar-refractivity contribution in [2.24, 2.45) is 0 Å². The predicted octanol–water partition coefficient (Wildman–Crippen LogP) is 2.58. The average molecular weight is 296 g/mol. The third-order valence-corrected chi connectivity index (χ3v) is 3.76. The molecule has 2 rings (SSSR count). The van der Waals surface area contributed by atoms with Crippen molar-refractivity contribution in [3.05, 3.63) is 23.5 Å². The molecule has 0 radical (unpaired) electrons. The molecule has 1 N–H and O–H groups in total. The summed E-state index contributed by atoms with van der Waals surface area (Å²) in [7, 11) is 3.36. The Morgan fingerprint density at radius 2 is 2.25 bits per heavy atom. The standard InChI is InChI=1S/C14H20N2O3S/c1-17-8-7-15-6-3-4-13-16-10-12(19-13)14-11(18-2)5-9-20-14/h5,9-10,15H,3-4,6-8H2,1-2H3. The summed E-state index contributed by atoms with van der Waals surface area (Å²) in [5.74, 6) is 2.38. The fourth-order valence-electron chi connectivity index (χ4n) is 1.83. The summed E-state index contributed by atoms with van der Waals surface area (Å²) in [6.45, 7) is 2.55. The molecule has 2 heterocycles. The first-order chi connectivity index (χ1) is 9.85. The summed E-state index contributed by atoms with van der Waals surface area (Å²) in [5.41, 5.74) is 0. The van der Waals surface area contributed by atoms with Crippen molar-refractivity contribution in [1.82, 2.24) is 10.3 Å². The largest absolute Gasteiger partial charge is 0.495 e. The first-order valence-electron chi connectivity index (χ1n) is 6.61. The number of thiophene rings is 1. The molecule has 0 aliphatic carbocycles. The quantitative estimate of drug-likeness (QED) is 0.721. The van der Waals surface area contributed by atoms with Gasteiger partial charge in [-0.05, 0) is 24.4 Å². The van der Waals surface area contributed by atoms with Crippen molar-refractivity contribution in [3.8, 4) is 16.4 Å². The number of ether oxygens (including phenoxy) is 2. The third-order valence-electron chi connectivity index (χ3n) is 2.85. The zero-order valence-corrected chi connectivity index (χ0v) is 12.7. The van der Waals surface area contributed by atoms with Gasteiger partial charge in [-0.25, -0.2) is 4.98 Å². The average Bonchev–Trinajstić information content (AvgIpc) is 3.10. The summed E-state index contributed by atoms with van der Waals surface area (Å²) in [5, 5.41) is 5.28. The fourth-order valence-corrected chi connectivity index (χ4v) is 2.64. The number of nitrogens with zero attached hydrogens (tertiary/aromatic N) is 1. The lowest BCUT2D eigenvalue weighted by molar-refractivity contribution is 0.199. The van der Waals surface area contributed by atoms with Gasteiger partial charge in [0.25, 0.3) is 0 Å². The molecule has 6 heteroatoms. The van der Waals surface area contributed by atoms with Gasteiger partial charge in [0.2, 0.25) is 0 Å². The van der Waals surface area contributed by atoms with Gasteiger partial charge in [-0.3, -0.25) is 0 Å². The topological polar surface area (TPSA) is 56.5 Å². The van der Waals surface area contributed by atoms with Crippen molar-refractivity contribution in [2.45, 2.75) is 12.8 Å². The molecular weight excluding hydrogens is 276 g/mol. The zero-order valence-electron chi connectivity index (χ0n) is 11.8. The van der Waals surface area contributed by atoms with Crippen molar-refractivity contribution in [2.75, 3.05) is 33.9 Å². The van der Waals surface area contributed by atoms with Gasteiger partial charge in [0.05, 0.1) is 19.9 Å². The van der Waals surface area contributed by atoms with E-state index in [1.165, 1.54) is 0 Å². The molecule has 0 fully saturated rings. The predicted molar refractivity (Wildman–Crippen MR) is 79.4 cm³/mol. The van der Waals surface area contributed by atoms with Crippen LogP contribution >= 0.6 is 11.3 Å². The smallest absolute Gasteiger partial charge is 0.194 e. The highest BCUT2D eigenvalue weighted by Gasteiger charge is 2.12. The van der Waals surface area contributed by atoms with E-state index in [1.54, 1.807) is 31.8 Å². The molecule has 110 valence electrons.